The highest BCUT2D eigenvalue weighted by molar-refractivity contribution is 5.99. The fraction of sp³-hybridized carbons (Fsp3) is 0.400. The molecular formula is C20H25NO7. The van der Waals surface area contributed by atoms with Gasteiger partial charge in [-0.1, -0.05) is 6.07 Å². The van der Waals surface area contributed by atoms with Crippen LogP contribution in [0.3, 0.4) is 0 Å². The summed E-state index contributed by atoms with van der Waals surface area (Å²) in [6, 6.07) is 5.07. The van der Waals surface area contributed by atoms with Gasteiger partial charge in [-0.2, -0.15) is 0 Å². The molecule has 1 aromatic carbocycles. The molecule has 0 saturated carbocycles. The van der Waals surface area contributed by atoms with Crippen molar-refractivity contribution in [2.45, 2.75) is 26.7 Å². The number of ether oxygens (including phenoxy) is 5. The summed E-state index contributed by atoms with van der Waals surface area (Å²) in [7, 11) is 3.01. The molecule has 8 nitrogen and oxygen atoms in total. The summed E-state index contributed by atoms with van der Waals surface area (Å²) < 4.78 is 26.4. The topological polar surface area (TPSA) is 106 Å². The van der Waals surface area contributed by atoms with Crippen LogP contribution in [0.15, 0.2) is 41.0 Å². The van der Waals surface area contributed by atoms with Gasteiger partial charge in [-0.05, 0) is 38.5 Å². The highest BCUT2D eigenvalue weighted by atomic mass is 16.5. The van der Waals surface area contributed by atoms with Gasteiger partial charge in [0.2, 0.25) is 5.88 Å². The highest BCUT2D eigenvalue weighted by Crippen LogP contribution is 2.42. The number of carbonyl (C=O) groups is 2. The van der Waals surface area contributed by atoms with Gasteiger partial charge in [-0.25, -0.2) is 9.59 Å². The lowest BCUT2D eigenvalue weighted by Crippen LogP contribution is -2.30. The van der Waals surface area contributed by atoms with Crippen molar-refractivity contribution >= 4 is 11.9 Å². The molecular weight excluding hydrogens is 366 g/mol. The summed E-state index contributed by atoms with van der Waals surface area (Å²) in [5.74, 6) is -1.04. The number of rotatable bonds is 7. The summed E-state index contributed by atoms with van der Waals surface area (Å²) >= 11 is 0. The number of hydrogen-bond acceptors (Lipinski definition) is 8. The summed E-state index contributed by atoms with van der Waals surface area (Å²) in [4.78, 5) is 25.3. The molecule has 1 atom stereocenters. The van der Waals surface area contributed by atoms with Gasteiger partial charge >= 0.3 is 11.9 Å². The predicted molar refractivity (Wildman–Crippen MR) is 101 cm³/mol. The van der Waals surface area contributed by atoms with Crippen LogP contribution >= 0.6 is 0 Å². The Hall–Kier alpha value is -3.16. The van der Waals surface area contributed by atoms with Gasteiger partial charge in [0.15, 0.2) is 11.5 Å². The fourth-order valence-electron chi connectivity index (χ4n) is 3.03. The minimum atomic E-state index is -0.841. The quantitative estimate of drug-likeness (QED) is 0.706. The molecule has 0 fully saturated rings. The average Bonchev–Trinajstić information content (AvgIpc) is 2.66. The van der Waals surface area contributed by atoms with Gasteiger partial charge in [0.05, 0.1) is 38.9 Å². The Morgan fingerprint density at radius 3 is 2.11 bits per heavy atom. The van der Waals surface area contributed by atoms with Gasteiger partial charge in [0, 0.05) is 0 Å². The Morgan fingerprint density at radius 1 is 1.00 bits per heavy atom. The second-order valence-corrected chi connectivity index (χ2v) is 5.84. The zero-order valence-corrected chi connectivity index (χ0v) is 16.7. The predicted octanol–water partition coefficient (Wildman–Crippen LogP) is 2.39. The molecule has 1 aliphatic rings. The van der Waals surface area contributed by atoms with E-state index in [4.69, 9.17) is 29.4 Å². The number of carbonyl (C=O) groups excluding carboxylic acids is 2. The van der Waals surface area contributed by atoms with E-state index in [1.165, 1.54) is 14.2 Å². The molecule has 0 saturated heterocycles. The zero-order chi connectivity index (χ0) is 20.8. The smallest absolute Gasteiger partial charge is 0.340 e. The van der Waals surface area contributed by atoms with E-state index in [1.54, 1.807) is 39.0 Å². The third kappa shape index (κ3) is 4.05. The van der Waals surface area contributed by atoms with E-state index in [0.717, 1.165) is 0 Å². The van der Waals surface area contributed by atoms with Crippen molar-refractivity contribution in [2.24, 2.45) is 5.73 Å². The van der Waals surface area contributed by atoms with E-state index < -0.39 is 17.9 Å². The largest absolute Gasteiger partial charge is 0.493 e. The number of hydrogen-bond donors (Lipinski definition) is 1. The van der Waals surface area contributed by atoms with Crippen molar-refractivity contribution in [3.05, 3.63) is 46.6 Å². The fourth-order valence-corrected chi connectivity index (χ4v) is 3.03. The van der Waals surface area contributed by atoms with Crippen LogP contribution in [-0.2, 0) is 23.8 Å². The molecule has 0 radical (unpaired) electrons. The SMILES string of the molecule is CCOC(=O)C1=C(C)OC(N)=C(C(=O)OCC)C1c1ccc(OC)c(OC)c1. The van der Waals surface area contributed by atoms with Crippen molar-refractivity contribution in [3.8, 4) is 11.5 Å². The van der Waals surface area contributed by atoms with Gasteiger partial charge in [0.25, 0.3) is 0 Å². The van der Waals surface area contributed by atoms with Gasteiger partial charge in [0.1, 0.15) is 11.3 Å². The lowest BCUT2D eigenvalue weighted by molar-refractivity contribution is -0.140. The highest BCUT2D eigenvalue weighted by Gasteiger charge is 2.40. The Balaban J connectivity index is 2.69. The van der Waals surface area contributed by atoms with Crippen LogP contribution in [0.2, 0.25) is 0 Å². The third-order valence-electron chi connectivity index (χ3n) is 4.22. The maximum atomic E-state index is 12.7. The van der Waals surface area contributed by atoms with Crippen molar-refractivity contribution in [3.63, 3.8) is 0 Å². The normalized spacial score (nSPS) is 16.4. The summed E-state index contributed by atoms with van der Waals surface area (Å²) in [6.07, 6.45) is 0. The van der Waals surface area contributed by atoms with E-state index >= 15 is 0 Å². The molecule has 0 amide bonds. The van der Waals surface area contributed by atoms with Crippen LogP contribution in [0.25, 0.3) is 0 Å². The summed E-state index contributed by atoms with van der Waals surface area (Å²) in [6.45, 7) is 5.28. The van der Waals surface area contributed by atoms with E-state index in [0.29, 0.717) is 17.1 Å². The molecule has 0 aromatic heterocycles. The molecule has 28 heavy (non-hydrogen) atoms. The molecule has 0 bridgehead atoms. The standard InChI is InChI=1S/C20H25NO7/c1-6-26-19(22)15-11(3)28-18(21)17(20(23)27-7-2)16(15)12-8-9-13(24-4)14(10-12)25-5/h8-10,16H,6-7,21H2,1-5H3. The average molecular weight is 391 g/mol. The van der Waals surface area contributed by atoms with Crippen LogP contribution in [0.1, 0.15) is 32.3 Å². The first-order chi connectivity index (χ1) is 13.4. The molecule has 152 valence electrons. The Kier molecular flexibility index (Phi) is 6.92. The molecule has 0 spiro atoms. The number of methoxy groups -OCH3 is 2. The third-order valence-corrected chi connectivity index (χ3v) is 4.22. The van der Waals surface area contributed by atoms with Crippen LogP contribution in [0, 0.1) is 0 Å². The lowest BCUT2D eigenvalue weighted by Gasteiger charge is -2.29. The van der Waals surface area contributed by atoms with E-state index in [9.17, 15) is 9.59 Å². The first kappa shape index (κ1) is 21.1. The van der Waals surface area contributed by atoms with Gasteiger partial charge in [-0.15, -0.1) is 0 Å². The van der Waals surface area contributed by atoms with E-state index in [2.05, 4.69) is 0 Å². The van der Waals surface area contributed by atoms with Crippen molar-refractivity contribution in [1.82, 2.24) is 0 Å². The zero-order valence-electron chi connectivity index (χ0n) is 16.7. The molecule has 1 aromatic rings. The molecule has 2 N–H and O–H groups in total. The van der Waals surface area contributed by atoms with Gasteiger partial charge < -0.3 is 29.4 Å². The number of allylic oxidation sites excluding steroid dienone is 1. The molecule has 8 heteroatoms. The molecule has 1 heterocycles. The van der Waals surface area contributed by atoms with E-state index in [-0.39, 0.29) is 36.0 Å². The first-order valence-electron chi connectivity index (χ1n) is 8.83. The molecule has 1 aliphatic heterocycles. The van der Waals surface area contributed by atoms with Gasteiger partial charge in [-0.3, -0.25) is 0 Å². The van der Waals surface area contributed by atoms with Crippen molar-refractivity contribution < 1.29 is 33.3 Å². The monoisotopic (exact) mass is 391 g/mol. The van der Waals surface area contributed by atoms with E-state index in [1.807, 2.05) is 0 Å². The first-order valence-corrected chi connectivity index (χ1v) is 8.83. The number of benzene rings is 1. The Bertz CT molecular complexity index is 786. The van der Waals surface area contributed by atoms with Crippen molar-refractivity contribution in [2.75, 3.05) is 27.4 Å². The minimum absolute atomic E-state index is 0.0303. The summed E-state index contributed by atoms with van der Waals surface area (Å²) in [5.41, 5.74) is 6.79. The maximum Gasteiger partial charge on any atom is 0.340 e. The minimum Gasteiger partial charge on any atom is -0.493 e. The van der Waals surface area contributed by atoms with Crippen molar-refractivity contribution in [1.29, 1.82) is 0 Å². The van der Waals surface area contributed by atoms with Crippen LogP contribution in [0.5, 0.6) is 11.5 Å². The summed E-state index contributed by atoms with van der Waals surface area (Å²) in [5, 5.41) is 0. The van der Waals surface area contributed by atoms with Crippen LogP contribution < -0.4 is 15.2 Å². The molecule has 1 unspecified atom stereocenters. The Morgan fingerprint density at radius 2 is 1.57 bits per heavy atom. The second-order valence-electron chi connectivity index (χ2n) is 5.84. The maximum absolute atomic E-state index is 12.7. The Labute approximate surface area is 163 Å². The lowest BCUT2D eigenvalue weighted by atomic mass is 9.82. The second kappa shape index (κ2) is 9.16. The number of nitrogens with two attached hydrogens (primary N) is 1. The van der Waals surface area contributed by atoms with Crippen LogP contribution in [0.4, 0.5) is 0 Å². The molecule has 0 aliphatic carbocycles. The molecule has 2 rings (SSSR count). The number of esters is 2. The van der Waals surface area contributed by atoms with Crippen LogP contribution in [-0.4, -0.2) is 39.4 Å².